The van der Waals surface area contributed by atoms with Gasteiger partial charge in [-0.2, -0.15) is 0 Å². The third-order valence-electron chi connectivity index (χ3n) is 5.63. The lowest BCUT2D eigenvalue weighted by Gasteiger charge is -2.35. The Morgan fingerprint density at radius 1 is 0.500 bits per heavy atom. The maximum absolute atomic E-state index is 13.1. The van der Waals surface area contributed by atoms with E-state index in [1.54, 1.807) is 0 Å². The highest BCUT2D eigenvalue weighted by atomic mass is 16.9. The molecular weight excluding hydrogens is 544 g/mol. The van der Waals surface area contributed by atoms with Crippen LogP contribution in [0, 0.1) is 11.8 Å². The molecule has 0 aromatic rings. The smallest absolute Gasteiger partial charge is 0.319 e. The lowest BCUT2D eigenvalue weighted by atomic mass is 9.79. The zero-order valence-corrected chi connectivity index (χ0v) is 22.6. The van der Waals surface area contributed by atoms with Crippen molar-refractivity contribution in [1.82, 2.24) is 0 Å². The molecule has 1 aliphatic rings. The molecule has 0 heterocycles. The van der Waals surface area contributed by atoms with Gasteiger partial charge in [0.25, 0.3) is 0 Å². The molecule has 6 N–H and O–H groups in total. The van der Waals surface area contributed by atoms with Gasteiger partial charge in [-0.3, -0.25) is 9.59 Å². The minimum Gasteiger partial charge on any atom is -0.457 e. The first-order valence-electron chi connectivity index (χ1n) is 13.2. The summed E-state index contributed by atoms with van der Waals surface area (Å²) < 4.78 is 43.1. The molecule has 40 heavy (non-hydrogen) atoms. The van der Waals surface area contributed by atoms with E-state index in [0.717, 1.165) is 0 Å². The third kappa shape index (κ3) is 13.0. The van der Waals surface area contributed by atoms with Crippen molar-refractivity contribution in [1.29, 1.82) is 0 Å². The average molecular weight is 589 g/mol. The number of hydrogen-bond donors (Lipinski definition) is 6. The molecule has 0 saturated heterocycles. The number of aliphatic hydroxyl groups is 6. The maximum atomic E-state index is 13.1. The molecule has 236 valence electrons. The number of ether oxygens (including phenoxy) is 8. The van der Waals surface area contributed by atoms with Crippen LogP contribution in [-0.2, 0) is 47.5 Å². The monoisotopic (exact) mass is 588 g/mol. The number of aliphatic hydroxyl groups excluding tert-OH is 6. The van der Waals surface area contributed by atoms with Crippen molar-refractivity contribution in [3.63, 3.8) is 0 Å². The lowest BCUT2D eigenvalue weighted by Crippen LogP contribution is -2.48. The van der Waals surface area contributed by atoms with Crippen LogP contribution in [-0.4, -0.2) is 147 Å². The van der Waals surface area contributed by atoms with E-state index >= 15 is 0 Å². The molecule has 2 atom stereocenters. The molecule has 1 aliphatic carbocycles. The van der Waals surface area contributed by atoms with E-state index in [-0.39, 0.29) is 39.6 Å². The van der Waals surface area contributed by atoms with E-state index < -0.39 is 88.6 Å². The highest BCUT2D eigenvalue weighted by molar-refractivity contribution is 5.82. The summed E-state index contributed by atoms with van der Waals surface area (Å²) in [5.41, 5.74) is 0. The summed E-state index contributed by atoms with van der Waals surface area (Å²) in [6.45, 7) is -5.27. The normalized spacial score (nSPS) is 18.1. The average Bonchev–Trinajstić information content (AvgIpc) is 2.99. The predicted molar refractivity (Wildman–Crippen MR) is 131 cm³/mol. The Balaban J connectivity index is 2.96. The fourth-order valence-corrected chi connectivity index (χ4v) is 3.94. The Labute approximate surface area is 232 Å². The van der Waals surface area contributed by atoms with E-state index in [1.165, 1.54) is 0 Å². The first-order valence-corrected chi connectivity index (χ1v) is 13.2. The van der Waals surface area contributed by atoms with E-state index in [2.05, 4.69) is 0 Å². The van der Waals surface area contributed by atoms with Gasteiger partial charge in [0.15, 0.2) is 13.2 Å². The summed E-state index contributed by atoms with van der Waals surface area (Å²) in [5.74, 6) is -7.36. The molecule has 1 saturated carbocycles. The van der Waals surface area contributed by atoms with Gasteiger partial charge >= 0.3 is 23.9 Å². The van der Waals surface area contributed by atoms with Crippen LogP contribution in [0.25, 0.3) is 0 Å². The van der Waals surface area contributed by atoms with Gasteiger partial charge in [-0.05, 0) is 12.8 Å². The standard InChI is InChI=1S/C24H44O16/c25-5-11-35-23(36-12-6-26,37-13-7-27)17-33-21(31)19-3-1-2-4-20(19)22(32)34-18-24(38-14-8-28,39-15-9-29)40-16-10-30/h19-20,25-30H,1-18H2. The van der Waals surface area contributed by atoms with Gasteiger partial charge in [0.05, 0.1) is 91.1 Å². The van der Waals surface area contributed by atoms with Crippen molar-refractivity contribution in [2.75, 3.05) is 92.5 Å². The van der Waals surface area contributed by atoms with Crippen LogP contribution in [0.15, 0.2) is 0 Å². The summed E-state index contributed by atoms with van der Waals surface area (Å²) >= 11 is 0. The van der Waals surface area contributed by atoms with Crippen molar-refractivity contribution in [3.8, 4) is 0 Å². The predicted octanol–water partition coefficient (Wildman–Crippen LogP) is -2.76. The highest BCUT2D eigenvalue weighted by Crippen LogP contribution is 2.33. The largest absolute Gasteiger partial charge is 0.457 e. The van der Waals surface area contributed by atoms with E-state index in [1.807, 2.05) is 0 Å². The molecule has 1 fully saturated rings. The Morgan fingerprint density at radius 2 is 0.750 bits per heavy atom. The number of esters is 2. The summed E-state index contributed by atoms with van der Waals surface area (Å²) in [7, 11) is 0. The van der Waals surface area contributed by atoms with Gasteiger partial charge in [-0.25, -0.2) is 0 Å². The minimum absolute atomic E-state index is 0.260. The van der Waals surface area contributed by atoms with Crippen LogP contribution < -0.4 is 0 Å². The molecule has 0 bridgehead atoms. The van der Waals surface area contributed by atoms with Gasteiger partial charge in [-0.15, -0.1) is 0 Å². The summed E-state index contributed by atoms with van der Waals surface area (Å²) in [6, 6.07) is 0. The van der Waals surface area contributed by atoms with E-state index in [0.29, 0.717) is 25.7 Å². The van der Waals surface area contributed by atoms with Crippen LogP contribution in [0.3, 0.4) is 0 Å². The quantitative estimate of drug-likeness (QED) is 0.0495. The molecule has 16 heteroatoms. The molecule has 0 aromatic heterocycles. The molecule has 0 radical (unpaired) electrons. The summed E-state index contributed by atoms with van der Waals surface area (Å²) in [6.07, 6.45) is 1.90. The SMILES string of the molecule is O=C(OCC(OCCO)(OCCO)OCCO)C1CCCCC1C(=O)OCC(OCCO)(OCCO)OCCO. The summed E-state index contributed by atoms with van der Waals surface area (Å²) in [4.78, 5) is 26.2. The number of carbonyl (C=O) groups is 2. The molecule has 1 rings (SSSR count). The van der Waals surface area contributed by atoms with Crippen LogP contribution in [0.2, 0.25) is 0 Å². The van der Waals surface area contributed by atoms with Gasteiger partial charge in [-0.1, -0.05) is 12.8 Å². The van der Waals surface area contributed by atoms with Crippen molar-refractivity contribution in [3.05, 3.63) is 0 Å². The van der Waals surface area contributed by atoms with Crippen LogP contribution in [0.1, 0.15) is 25.7 Å². The first-order chi connectivity index (χ1) is 19.4. The van der Waals surface area contributed by atoms with Crippen molar-refractivity contribution < 1.29 is 78.1 Å². The highest BCUT2D eigenvalue weighted by Gasteiger charge is 2.43. The van der Waals surface area contributed by atoms with E-state index in [9.17, 15) is 9.59 Å². The Bertz CT molecular complexity index is 578. The minimum atomic E-state index is -2.01. The molecule has 2 unspecified atom stereocenters. The van der Waals surface area contributed by atoms with E-state index in [4.69, 9.17) is 68.5 Å². The molecule has 0 spiro atoms. The first kappa shape index (κ1) is 36.5. The Hall–Kier alpha value is -1.54. The fraction of sp³-hybridized carbons (Fsp3) is 0.917. The molecule has 0 aliphatic heterocycles. The fourth-order valence-electron chi connectivity index (χ4n) is 3.94. The zero-order valence-electron chi connectivity index (χ0n) is 22.6. The number of hydrogen-bond acceptors (Lipinski definition) is 16. The second-order valence-corrected chi connectivity index (χ2v) is 8.51. The van der Waals surface area contributed by atoms with Crippen LogP contribution >= 0.6 is 0 Å². The molecule has 0 aromatic carbocycles. The molecule has 0 amide bonds. The Morgan fingerprint density at radius 3 is 0.975 bits per heavy atom. The summed E-state index contributed by atoms with van der Waals surface area (Å²) in [5, 5.41) is 54.9. The lowest BCUT2D eigenvalue weighted by molar-refractivity contribution is -0.395. The van der Waals surface area contributed by atoms with Crippen molar-refractivity contribution >= 4 is 11.9 Å². The second kappa shape index (κ2) is 21.2. The van der Waals surface area contributed by atoms with Gasteiger partial charge in [0, 0.05) is 0 Å². The second-order valence-electron chi connectivity index (χ2n) is 8.51. The third-order valence-corrected chi connectivity index (χ3v) is 5.63. The van der Waals surface area contributed by atoms with Crippen molar-refractivity contribution in [2.45, 2.75) is 37.6 Å². The molecular formula is C24H44O16. The Kier molecular flexibility index (Phi) is 19.3. The van der Waals surface area contributed by atoms with Gasteiger partial charge in [0.2, 0.25) is 0 Å². The number of rotatable bonds is 24. The number of carbonyl (C=O) groups excluding carboxylic acids is 2. The van der Waals surface area contributed by atoms with Gasteiger partial charge in [0.1, 0.15) is 0 Å². The van der Waals surface area contributed by atoms with Crippen LogP contribution in [0.4, 0.5) is 0 Å². The van der Waals surface area contributed by atoms with Gasteiger partial charge < -0.3 is 68.5 Å². The topological polar surface area (TPSA) is 229 Å². The molecule has 16 nitrogen and oxygen atoms in total. The zero-order chi connectivity index (χ0) is 29.7. The maximum Gasteiger partial charge on any atom is 0.319 e. The van der Waals surface area contributed by atoms with Crippen LogP contribution in [0.5, 0.6) is 0 Å². The van der Waals surface area contributed by atoms with Crippen molar-refractivity contribution in [2.24, 2.45) is 11.8 Å².